The number of hydrogen-bond acceptors (Lipinski definition) is 6. The molecule has 0 unspecified atom stereocenters. The van der Waals surface area contributed by atoms with Gasteiger partial charge in [0.1, 0.15) is 22.8 Å². The lowest BCUT2D eigenvalue weighted by molar-refractivity contribution is -0.137. The number of alkyl halides is 3. The highest BCUT2D eigenvalue weighted by Gasteiger charge is 2.42. The maximum Gasteiger partial charge on any atom is 0.421 e. The van der Waals surface area contributed by atoms with Crippen molar-refractivity contribution in [2.45, 2.75) is 25.4 Å². The summed E-state index contributed by atoms with van der Waals surface area (Å²) < 4.78 is 61.9. The topological polar surface area (TPSA) is 96.3 Å². The van der Waals surface area contributed by atoms with Gasteiger partial charge in [0.2, 0.25) is 5.76 Å². The molecule has 1 aliphatic rings. The molecule has 9 nitrogen and oxygen atoms in total. The third kappa shape index (κ3) is 4.18. The maximum atomic E-state index is 14.1. The van der Waals surface area contributed by atoms with E-state index in [0.29, 0.717) is 37.4 Å². The number of aromatic nitrogens is 4. The third-order valence-corrected chi connectivity index (χ3v) is 5.33. The second-order valence-electron chi connectivity index (χ2n) is 7.81. The molecular weight excluding hydrogens is 443 g/mol. The molecule has 4 aromatic rings. The van der Waals surface area contributed by atoms with E-state index in [-0.39, 0.29) is 29.1 Å². The Labute approximate surface area is 185 Å². The third-order valence-electron chi connectivity index (χ3n) is 5.33. The number of imidazole rings is 1. The number of carbonyl (C=O) groups is 1. The number of nitrogens with zero attached hydrogens (tertiary/aromatic N) is 4. The van der Waals surface area contributed by atoms with Crippen LogP contribution in [0.2, 0.25) is 0 Å². The average Bonchev–Trinajstić information content (AvgIpc) is 3.47. The molecule has 0 saturated carbocycles. The van der Waals surface area contributed by atoms with Gasteiger partial charge < -0.3 is 23.8 Å². The first-order valence-electron chi connectivity index (χ1n) is 10.2. The summed E-state index contributed by atoms with van der Waals surface area (Å²) in [6.45, 7) is 1.62. The predicted octanol–water partition coefficient (Wildman–Crippen LogP) is 2.88. The van der Waals surface area contributed by atoms with E-state index in [4.69, 9.17) is 13.9 Å². The zero-order chi connectivity index (χ0) is 23.2. The lowest BCUT2D eigenvalue weighted by Crippen LogP contribution is -2.32. The SMILES string of the molecule is Cn1cnc(CNC(=O)c2oc3ccc4cn(C[C@H]5COCCO5)nc4c3c2C(F)(F)F)c1. The van der Waals surface area contributed by atoms with Crippen LogP contribution in [0.3, 0.4) is 0 Å². The minimum atomic E-state index is -4.83. The van der Waals surface area contributed by atoms with Crippen molar-refractivity contribution >= 4 is 27.8 Å². The van der Waals surface area contributed by atoms with Crippen molar-refractivity contribution in [1.82, 2.24) is 24.6 Å². The molecule has 1 fully saturated rings. The van der Waals surface area contributed by atoms with E-state index in [1.165, 1.54) is 17.1 Å². The lowest BCUT2D eigenvalue weighted by Gasteiger charge is -2.22. The molecule has 0 radical (unpaired) electrons. The number of fused-ring (bicyclic) bond motifs is 3. The van der Waals surface area contributed by atoms with Crippen molar-refractivity contribution < 1.29 is 31.9 Å². The summed E-state index contributed by atoms with van der Waals surface area (Å²) in [7, 11) is 1.75. The molecule has 1 amide bonds. The van der Waals surface area contributed by atoms with E-state index < -0.39 is 23.4 Å². The number of ether oxygens (including phenoxy) is 2. The smallest absolute Gasteiger partial charge is 0.421 e. The molecule has 1 aliphatic heterocycles. The molecule has 1 saturated heterocycles. The number of aryl methyl sites for hydroxylation is 1. The number of furan rings is 1. The Balaban J connectivity index is 1.52. The predicted molar refractivity (Wildman–Crippen MR) is 109 cm³/mol. The van der Waals surface area contributed by atoms with Gasteiger partial charge in [-0.2, -0.15) is 18.3 Å². The van der Waals surface area contributed by atoms with Crippen molar-refractivity contribution in [3.8, 4) is 0 Å². The Morgan fingerprint density at radius 3 is 2.82 bits per heavy atom. The van der Waals surface area contributed by atoms with E-state index in [1.54, 1.807) is 30.1 Å². The molecule has 1 aromatic carbocycles. The summed E-state index contributed by atoms with van der Waals surface area (Å²) in [5, 5.41) is 7.04. The van der Waals surface area contributed by atoms with Gasteiger partial charge in [0.15, 0.2) is 0 Å². The molecule has 4 heterocycles. The fraction of sp³-hybridized carbons (Fsp3) is 0.381. The van der Waals surface area contributed by atoms with Crippen LogP contribution in [-0.2, 0) is 35.8 Å². The Morgan fingerprint density at radius 1 is 1.27 bits per heavy atom. The van der Waals surface area contributed by atoms with Crippen molar-refractivity contribution in [2.75, 3.05) is 19.8 Å². The normalized spacial score (nSPS) is 17.2. The summed E-state index contributed by atoms with van der Waals surface area (Å²) in [5.41, 5.74) is -0.612. The number of carbonyl (C=O) groups excluding carboxylic acids is 1. The Morgan fingerprint density at radius 2 is 2.12 bits per heavy atom. The minimum absolute atomic E-state index is 0.0402. The Bertz CT molecular complexity index is 1320. The van der Waals surface area contributed by atoms with Crippen LogP contribution in [0, 0.1) is 0 Å². The molecule has 1 N–H and O–H groups in total. The minimum Gasteiger partial charge on any atom is -0.450 e. The molecule has 1 atom stereocenters. The van der Waals surface area contributed by atoms with Crippen molar-refractivity contribution in [3.63, 3.8) is 0 Å². The van der Waals surface area contributed by atoms with E-state index in [9.17, 15) is 18.0 Å². The van der Waals surface area contributed by atoms with Crippen LogP contribution in [-0.4, -0.2) is 51.2 Å². The lowest BCUT2D eigenvalue weighted by atomic mass is 10.1. The van der Waals surface area contributed by atoms with Gasteiger partial charge in [-0.1, -0.05) is 0 Å². The van der Waals surface area contributed by atoms with E-state index in [0.717, 1.165) is 0 Å². The van der Waals surface area contributed by atoms with Crippen LogP contribution in [0.4, 0.5) is 13.2 Å². The second-order valence-corrected chi connectivity index (χ2v) is 7.81. The van der Waals surface area contributed by atoms with Gasteiger partial charge in [0, 0.05) is 24.8 Å². The van der Waals surface area contributed by atoms with Crippen LogP contribution in [0.1, 0.15) is 21.8 Å². The number of amides is 1. The summed E-state index contributed by atoms with van der Waals surface area (Å²) in [6.07, 6.45) is -0.257. The highest BCUT2D eigenvalue weighted by atomic mass is 19.4. The fourth-order valence-electron chi connectivity index (χ4n) is 3.90. The summed E-state index contributed by atoms with van der Waals surface area (Å²) in [5.74, 6) is -1.79. The Hall–Kier alpha value is -3.38. The number of hydrogen-bond donors (Lipinski definition) is 1. The van der Waals surface area contributed by atoms with Crippen molar-refractivity contribution in [3.05, 3.63) is 47.9 Å². The molecule has 12 heteroatoms. The average molecular weight is 463 g/mol. The highest BCUT2D eigenvalue weighted by Crippen LogP contribution is 2.42. The molecule has 5 rings (SSSR count). The number of rotatable bonds is 5. The van der Waals surface area contributed by atoms with Crippen LogP contribution >= 0.6 is 0 Å². The highest BCUT2D eigenvalue weighted by molar-refractivity contribution is 6.09. The summed E-state index contributed by atoms with van der Waals surface area (Å²) in [6, 6.07) is 3.02. The monoisotopic (exact) mass is 463 g/mol. The quantitative estimate of drug-likeness (QED) is 0.489. The van der Waals surface area contributed by atoms with Crippen LogP contribution in [0.5, 0.6) is 0 Å². The molecule has 0 bridgehead atoms. The van der Waals surface area contributed by atoms with Gasteiger partial charge in [0.05, 0.1) is 50.3 Å². The molecule has 0 spiro atoms. The molecule has 33 heavy (non-hydrogen) atoms. The zero-order valence-corrected chi connectivity index (χ0v) is 17.6. The van der Waals surface area contributed by atoms with Crippen LogP contribution in [0.15, 0.2) is 35.3 Å². The first kappa shape index (κ1) is 21.5. The van der Waals surface area contributed by atoms with Gasteiger partial charge >= 0.3 is 6.18 Å². The maximum absolute atomic E-state index is 14.1. The van der Waals surface area contributed by atoms with Crippen LogP contribution < -0.4 is 5.32 Å². The Kier molecular flexibility index (Phi) is 5.33. The first-order chi connectivity index (χ1) is 15.8. The standard InChI is InChI=1S/C21H20F3N5O4/c1-28-8-13(26-11-28)6-25-20(30)19-17(21(22,23)24)16-15(33-19)3-2-12-7-29(27-18(12)16)9-14-10-31-4-5-32-14/h2-3,7-8,11,14H,4-6,9-10H2,1H3,(H,25,30)/t14-/m0/s1. The van der Waals surface area contributed by atoms with Crippen molar-refractivity contribution in [1.29, 1.82) is 0 Å². The van der Waals surface area contributed by atoms with Gasteiger partial charge in [-0.3, -0.25) is 9.48 Å². The zero-order valence-electron chi connectivity index (χ0n) is 17.6. The van der Waals surface area contributed by atoms with Gasteiger partial charge in [0.25, 0.3) is 5.91 Å². The molecular formula is C21H20F3N5O4. The molecule has 174 valence electrons. The summed E-state index contributed by atoms with van der Waals surface area (Å²) in [4.78, 5) is 16.7. The molecule has 0 aliphatic carbocycles. The number of halogens is 3. The van der Waals surface area contributed by atoms with Gasteiger partial charge in [-0.25, -0.2) is 4.98 Å². The molecule has 3 aromatic heterocycles. The number of benzene rings is 1. The largest absolute Gasteiger partial charge is 0.450 e. The fourth-order valence-corrected chi connectivity index (χ4v) is 3.90. The second kappa shape index (κ2) is 8.19. The first-order valence-corrected chi connectivity index (χ1v) is 10.2. The van der Waals surface area contributed by atoms with E-state index >= 15 is 0 Å². The van der Waals surface area contributed by atoms with E-state index in [2.05, 4.69) is 15.4 Å². The summed E-state index contributed by atoms with van der Waals surface area (Å²) >= 11 is 0. The van der Waals surface area contributed by atoms with Gasteiger partial charge in [-0.05, 0) is 12.1 Å². The van der Waals surface area contributed by atoms with Gasteiger partial charge in [-0.15, -0.1) is 0 Å². The van der Waals surface area contributed by atoms with Crippen LogP contribution in [0.25, 0.3) is 21.9 Å². The number of nitrogens with one attached hydrogen (secondary N) is 1. The van der Waals surface area contributed by atoms with Crippen molar-refractivity contribution in [2.24, 2.45) is 7.05 Å². The van der Waals surface area contributed by atoms with E-state index in [1.807, 2.05) is 0 Å².